The number of thiazole rings is 2. The molecule has 0 saturated carbocycles. The summed E-state index contributed by atoms with van der Waals surface area (Å²) < 4.78 is 5.32. The van der Waals surface area contributed by atoms with E-state index in [-0.39, 0.29) is 12.3 Å². The van der Waals surface area contributed by atoms with E-state index in [1.807, 2.05) is 47.2 Å². The zero-order valence-corrected chi connectivity index (χ0v) is 15.7. The first-order chi connectivity index (χ1) is 12.7. The van der Waals surface area contributed by atoms with Gasteiger partial charge in [-0.2, -0.15) is 0 Å². The maximum Gasteiger partial charge on any atom is 0.232 e. The van der Waals surface area contributed by atoms with Crippen molar-refractivity contribution in [3.8, 4) is 22.0 Å². The Hall–Kier alpha value is -2.48. The Morgan fingerprint density at radius 2 is 1.96 bits per heavy atom. The zero-order valence-electron chi connectivity index (χ0n) is 13.3. The number of furan rings is 1. The summed E-state index contributed by atoms with van der Waals surface area (Å²) in [6.07, 6.45) is 1.79. The van der Waals surface area contributed by atoms with Crippen molar-refractivity contribution in [1.29, 1.82) is 0 Å². The van der Waals surface area contributed by atoms with Gasteiger partial charge in [0, 0.05) is 21.3 Å². The molecule has 26 heavy (non-hydrogen) atoms. The molecule has 3 aromatic heterocycles. The number of anilines is 1. The Balaban J connectivity index is 1.40. The lowest BCUT2D eigenvalue weighted by Gasteiger charge is -1.99. The van der Waals surface area contributed by atoms with Crippen LogP contribution in [-0.4, -0.2) is 15.9 Å². The highest BCUT2D eigenvalue weighted by Crippen LogP contribution is 2.27. The van der Waals surface area contributed by atoms with E-state index in [9.17, 15) is 4.79 Å². The zero-order chi connectivity index (χ0) is 17.9. The topological polar surface area (TPSA) is 68.0 Å². The first-order valence-corrected chi connectivity index (χ1v) is 9.81. The van der Waals surface area contributed by atoms with E-state index in [2.05, 4.69) is 15.3 Å². The van der Waals surface area contributed by atoms with Gasteiger partial charge in [0.15, 0.2) is 15.9 Å². The molecule has 0 aliphatic rings. The minimum absolute atomic E-state index is 0.154. The van der Waals surface area contributed by atoms with Gasteiger partial charge in [0.1, 0.15) is 0 Å². The summed E-state index contributed by atoms with van der Waals surface area (Å²) in [5, 5.41) is 8.57. The summed E-state index contributed by atoms with van der Waals surface area (Å²) in [6.45, 7) is 0. The summed E-state index contributed by atoms with van der Waals surface area (Å²) in [4.78, 5) is 21.1. The van der Waals surface area contributed by atoms with Crippen molar-refractivity contribution in [1.82, 2.24) is 9.97 Å². The third kappa shape index (κ3) is 3.85. The molecule has 0 radical (unpaired) electrons. The Labute approximate surface area is 162 Å². The van der Waals surface area contributed by atoms with Crippen LogP contribution in [0.3, 0.4) is 0 Å². The average molecular weight is 402 g/mol. The molecule has 0 bridgehead atoms. The molecule has 8 heteroatoms. The third-order valence-electron chi connectivity index (χ3n) is 3.52. The number of amides is 1. The molecule has 1 amide bonds. The fraction of sp³-hybridized carbons (Fsp3) is 0.0556. The molecule has 5 nitrogen and oxygen atoms in total. The smallest absolute Gasteiger partial charge is 0.232 e. The fourth-order valence-electron chi connectivity index (χ4n) is 2.31. The number of nitrogens with one attached hydrogen (secondary N) is 1. The molecular weight excluding hydrogens is 390 g/mol. The molecule has 0 saturated heterocycles. The van der Waals surface area contributed by atoms with Gasteiger partial charge in [0.05, 0.1) is 24.1 Å². The SMILES string of the molecule is O=C(Cc1csc(-c2ccco2)n1)Nc1nc(-c2ccc(Cl)cc2)cs1. The van der Waals surface area contributed by atoms with Crippen LogP contribution in [-0.2, 0) is 11.2 Å². The van der Waals surface area contributed by atoms with Gasteiger partial charge in [-0.15, -0.1) is 22.7 Å². The molecule has 0 aliphatic carbocycles. The van der Waals surface area contributed by atoms with Crippen molar-refractivity contribution in [2.75, 3.05) is 5.32 Å². The summed E-state index contributed by atoms with van der Waals surface area (Å²) >= 11 is 8.73. The molecule has 1 aromatic carbocycles. The number of carbonyl (C=O) groups is 1. The quantitative estimate of drug-likeness (QED) is 0.488. The Kier molecular flexibility index (Phi) is 4.83. The van der Waals surface area contributed by atoms with Gasteiger partial charge in [-0.3, -0.25) is 4.79 Å². The second kappa shape index (κ2) is 7.41. The minimum Gasteiger partial charge on any atom is -0.462 e. The Bertz CT molecular complexity index is 1020. The maximum absolute atomic E-state index is 12.2. The van der Waals surface area contributed by atoms with E-state index >= 15 is 0 Å². The summed E-state index contributed by atoms with van der Waals surface area (Å²) in [7, 11) is 0. The first-order valence-electron chi connectivity index (χ1n) is 7.67. The van der Waals surface area contributed by atoms with Crippen LogP contribution >= 0.6 is 34.3 Å². The normalized spacial score (nSPS) is 10.8. The molecule has 3 heterocycles. The number of aromatic nitrogens is 2. The van der Waals surface area contributed by atoms with Gasteiger partial charge in [-0.05, 0) is 24.3 Å². The van der Waals surface area contributed by atoms with Crippen molar-refractivity contribution < 1.29 is 9.21 Å². The van der Waals surface area contributed by atoms with Crippen LogP contribution < -0.4 is 5.32 Å². The van der Waals surface area contributed by atoms with Gasteiger partial charge in [0.25, 0.3) is 0 Å². The first kappa shape index (κ1) is 17.0. The predicted octanol–water partition coefficient (Wildman–Crippen LogP) is 5.36. The third-order valence-corrected chi connectivity index (χ3v) is 5.43. The average Bonchev–Trinajstić information content (AvgIpc) is 3.36. The number of carbonyl (C=O) groups excluding carboxylic acids is 1. The van der Waals surface area contributed by atoms with Crippen LogP contribution in [0.1, 0.15) is 5.69 Å². The highest BCUT2D eigenvalue weighted by molar-refractivity contribution is 7.14. The highest BCUT2D eigenvalue weighted by atomic mass is 35.5. The number of halogens is 1. The van der Waals surface area contributed by atoms with Crippen LogP contribution in [0.15, 0.2) is 57.8 Å². The van der Waals surface area contributed by atoms with Crippen molar-refractivity contribution in [3.63, 3.8) is 0 Å². The van der Waals surface area contributed by atoms with E-state index in [4.69, 9.17) is 16.0 Å². The van der Waals surface area contributed by atoms with Crippen LogP contribution in [0.4, 0.5) is 5.13 Å². The second-order valence-electron chi connectivity index (χ2n) is 5.39. The molecule has 1 N–H and O–H groups in total. The molecule has 0 atom stereocenters. The molecule has 0 unspecified atom stereocenters. The van der Waals surface area contributed by atoms with Crippen molar-refractivity contribution >= 4 is 45.3 Å². The van der Waals surface area contributed by atoms with Crippen LogP contribution in [0.2, 0.25) is 5.02 Å². The van der Waals surface area contributed by atoms with Gasteiger partial charge in [-0.1, -0.05) is 23.7 Å². The van der Waals surface area contributed by atoms with E-state index in [1.54, 1.807) is 6.26 Å². The minimum atomic E-state index is -0.154. The van der Waals surface area contributed by atoms with Gasteiger partial charge >= 0.3 is 0 Å². The number of benzene rings is 1. The molecular formula is C18H12ClN3O2S2. The second-order valence-corrected chi connectivity index (χ2v) is 7.54. The molecule has 0 fully saturated rings. The van der Waals surface area contributed by atoms with E-state index in [0.717, 1.165) is 16.3 Å². The summed E-state index contributed by atoms with van der Waals surface area (Å²) in [5.74, 6) is 0.549. The molecule has 130 valence electrons. The predicted molar refractivity (Wildman–Crippen MR) is 105 cm³/mol. The number of hydrogen-bond acceptors (Lipinski definition) is 6. The van der Waals surface area contributed by atoms with E-state index < -0.39 is 0 Å². The number of rotatable bonds is 5. The molecule has 0 spiro atoms. The van der Waals surface area contributed by atoms with Crippen molar-refractivity contribution in [3.05, 3.63) is 64.1 Å². The maximum atomic E-state index is 12.2. The Morgan fingerprint density at radius 3 is 2.73 bits per heavy atom. The van der Waals surface area contributed by atoms with E-state index in [1.165, 1.54) is 22.7 Å². The number of nitrogens with zero attached hydrogens (tertiary/aromatic N) is 2. The van der Waals surface area contributed by atoms with Crippen molar-refractivity contribution in [2.45, 2.75) is 6.42 Å². The lowest BCUT2D eigenvalue weighted by molar-refractivity contribution is -0.115. The molecule has 0 aliphatic heterocycles. The summed E-state index contributed by atoms with van der Waals surface area (Å²) in [5.41, 5.74) is 2.46. The standard InChI is InChI=1S/C18H12ClN3O2S2/c19-12-5-3-11(4-6-12)14-10-26-18(21-14)22-16(23)8-13-9-25-17(20-13)15-2-1-7-24-15/h1-7,9-10H,8H2,(H,21,22,23). The van der Waals surface area contributed by atoms with Gasteiger partial charge in [-0.25, -0.2) is 9.97 Å². The fourth-order valence-corrected chi connectivity index (χ4v) is 3.96. The Morgan fingerprint density at radius 1 is 1.12 bits per heavy atom. The van der Waals surface area contributed by atoms with Crippen LogP contribution in [0, 0.1) is 0 Å². The van der Waals surface area contributed by atoms with Crippen molar-refractivity contribution in [2.24, 2.45) is 0 Å². The van der Waals surface area contributed by atoms with Gasteiger partial charge < -0.3 is 9.73 Å². The summed E-state index contributed by atoms with van der Waals surface area (Å²) in [6, 6.07) is 11.1. The number of hydrogen-bond donors (Lipinski definition) is 1. The van der Waals surface area contributed by atoms with Crippen LogP contribution in [0.25, 0.3) is 22.0 Å². The highest BCUT2D eigenvalue weighted by Gasteiger charge is 2.12. The van der Waals surface area contributed by atoms with Gasteiger partial charge in [0.2, 0.25) is 5.91 Å². The molecule has 4 rings (SSSR count). The lowest BCUT2D eigenvalue weighted by atomic mass is 10.2. The largest absolute Gasteiger partial charge is 0.462 e. The van der Waals surface area contributed by atoms with Crippen LogP contribution in [0.5, 0.6) is 0 Å². The van der Waals surface area contributed by atoms with E-state index in [0.29, 0.717) is 21.6 Å². The molecule has 4 aromatic rings. The monoisotopic (exact) mass is 401 g/mol. The lowest BCUT2D eigenvalue weighted by Crippen LogP contribution is -2.14.